The number of hydrogen-bond donors (Lipinski definition) is 0. The average molecular weight is 428 g/mol. The predicted octanol–water partition coefficient (Wildman–Crippen LogP) is 5.59. The zero-order valence-electron chi connectivity index (χ0n) is 13.6. The van der Waals surface area contributed by atoms with Crippen molar-refractivity contribution >= 4 is 27.7 Å². The van der Waals surface area contributed by atoms with Crippen LogP contribution in [0.2, 0.25) is 0 Å². The smallest absolute Gasteiger partial charge is 0.248 e. The summed E-state index contributed by atoms with van der Waals surface area (Å²) in [6.07, 6.45) is 1.69. The Bertz CT molecular complexity index is 1000. The largest absolute Gasteiger partial charge is 0.444 e. The maximum Gasteiger partial charge on any atom is 0.248 e. The number of nitrogens with zero attached hydrogens (tertiary/aromatic N) is 3. The van der Waals surface area contributed by atoms with Crippen LogP contribution >= 0.6 is 27.7 Å². The number of thioether (sulfide) groups is 1. The Morgan fingerprint density at radius 3 is 2.54 bits per heavy atom. The molecule has 0 aliphatic heterocycles. The lowest BCUT2D eigenvalue weighted by atomic mass is 10.2. The van der Waals surface area contributed by atoms with Crippen LogP contribution in [-0.2, 0) is 11.5 Å². The summed E-state index contributed by atoms with van der Waals surface area (Å²) in [5, 5.41) is 8.24. The van der Waals surface area contributed by atoms with Gasteiger partial charge in [0, 0.05) is 15.8 Å². The summed E-state index contributed by atoms with van der Waals surface area (Å²) in [6.45, 7) is 0. The molecule has 0 atom stereocenters. The maximum atomic E-state index is 5.75. The molecule has 7 heteroatoms. The van der Waals surface area contributed by atoms with Gasteiger partial charge in [0.15, 0.2) is 0 Å². The predicted molar refractivity (Wildman–Crippen MR) is 104 cm³/mol. The van der Waals surface area contributed by atoms with E-state index in [4.69, 9.17) is 8.83 Å². The van der Waals surface area contributed by atoms with Crippen molar-refractivity contribution < 1.29 is 8.83 Å². The molecule has 0 N–H and O–H groups in total. The molecule has 2 aromatic carbocycles. The van der Waals surface area contributed by atoms with Crippen LogP contribution in [0.5, 0.6) is 0 Å². The highest BCUT2D eigenvalue weighted by Gasteiger charge is 2.12. The Morgan fingerprint density at radius 1 is 0.885 bits per heavy atom. The number of benzene rings is 2. The van der Waals surface area contributed by atoms with Crippen LogP contribution < -0.4 is 0 Å². The van der Waals surface area contributed by atoms with Gasteiger partial charge in [-0.25, -0.2) is 4.98 Å². The molecular formula is C19H14BrN3O2S. The fourth-order valence-corrected chi connectivity index (χ4v) is 3.57. The molecule has 2 aromatic heterocycles. The third-order valence-corrected chi connectivity index (χ3v) is 5.26. The Hall–Kier alpha value is -2.38. The van der Waals surface area contributed by atoms with Gasteiger partial charge in [0.05, 0.1) is 17.0 Å². The van der Waals surface area contributed by atoms with Crippen molar-refractivity contribution in [2.45, 2.75) is 11.5 Å². The lowest BCUT2D eigenvalue weighted by molar-refractivity contribution is 0.528. The van der Waals surface area contributed by atoms with Gasteiger partial charge in [-0.05, 0) is 40.2 Å². The van der Waals surface area contributed by atoms with E-state index in [1.165, 1.54) is 0 Å². The van der Waals surface area contributed by atoms with Gasteiger partial charge in [-0.3, -0.25) is 0 Å². The van der Waals surface area contributed by atoms with E-state index in [1.54, 1.807) is 18.0 Å². The van der Waals surface area contributed by atoms with E-state index in [-0.39, 0.29) is 0 Å². The van der Waals surface area contributed by atoms with Gasteiger partial charge in [-0.15, -0.1) is 22.0 Å². The van der Waals surface area contributed by atoms with E-state index in [9.17, 15) is 0 Å². The van der Waals surface area contributed by atoms with E-state index < -0.39 is 0 Å². The Labute approximate surface area is 163 Å². The van der Waals surface area contributed by atoms with Gasteiger partial charge in [0.2, 0.25) is 17.7 Å². The molecule has 0 aliphatic rings. The lowest BCUT2D eigenvalue weighted by Crippen LogP contribution is -1.84. The third-order valence-electron chi connectivity index (χ3n) is 3.62. The average Bonchev–Trinajstić information content (AvgIpc) is 3.33. The van der Waals surface area contributed by atoms with Crippen LogP contribution in [0.1, 0.15) is 11.6 Å². The first-order chi connectivity index (χ1) is 12.8. The minimum atomic E-state index is 0.515. The van der Waals surface area contributed by atoms with Crippen molar-refractivity contribution in [2.24, 2.45) is 0 Å². The number of rotatable bonds is 6. The summed E-state index contributed by atoms with van der Waals surface area (Å²) >= 11 is 5.15. The van der Waals surface area contributed by atoms with Crippen LogP contribution in [0, 0.1) is 0 Å². The van der Waals surface area contributed by atoms with Crippen molar-refractivity contribution in [1.29, 1.82) is 0 Å². The fourth-order valence-electron chi connectivity index (χ4n) is 2.38. The monoisotopic (exact) mass is 427 g/mol. The molecular weight excluding hydrogens is 414 g/mol. The van der Waals surface area contributed by atoms with Crippen molar-refractivity contribution in [2.75, 3.05) is 0 Å². The zero-order valence-corrected chi connectivity index (χ0v) is 16.0. The fraction of sp³-hybridized carbons (Fsp3) is 0.105. The highest BCUT2D eigenvalue weighted by molar-refractivity contribution is 9.10. The van der Waals surface area contributed by atoms with Crippen LogP contribution in [0.3, 0.4) is 0 Å². The van der Waals surface area contributed by atoms with E-state index in [0.717, 1.165) is 21.3 Å². The molecule has 5 nitrogen and oxygen atoms in total. The molecule has 0 radical (unpaired) electrons. The topological polar surface area (TPSA) is 65.0 Å². The standard InChI is InChI=1S/C19H14BrN3O2S/c20-16-9-5-4-8-15(16)19-23-22-17(25-19)12-26-11-14-10-24-18(21-14)13-6-2-1-3-7-13/h1-10H,11-12H2. The summed E-state index contributed by atoms with van der Waals surface area (Å²) < 4.78 is 12.2. The normalized spacial score (nSPS) is 11.0. The summed E-state index contributed by atoms with van der Waals surface area (Å²) in [4.78, 5) is 4.52. The quantitative estimate of drug-likeness (QED) is 0.399. The summed E-state index contributed by atoms with van der Waals surface area (Å²) in [6, 6.07) is 17.6. The number of aromatic nitrogens is 3. The molecule has 0 saturated carbocycles. The SMILES string of the molecule is Brc1ccccc1-c1nnc(CSCc2coc(-c3ccccc3)n2)o1. The second-order valence-electron chi connectivity index (χ2n) is 5.48. The van der Waals surface area contributed by atoms with Gasteiger partial charge in [0.25, 0.3) is 0 Å². The van der Waals surface area contributed by atoms with Crippen LogP contribution in [0.15, 0.2) is 74.2 Å². The van der Waals surface area contributed by atoms with Gasteiger partial charge >= 0.3 is 0 Å². The molecule has 4 aromatic rings. The van der Waals surface area contributed by atoms with Crippen molar-refractivity contribution in [3.63, 3.8) is 0 Å². The molecule has 4 rings (SSSR count). The Balaban J connectivity index is 1.36. The molecule has 0 bridgehead atoms. The highest BCUT2D eigenvalue weighted by Crippen LogP contribution is 2.28. The van der Waals surface area contributed by atoms with Crippen LogP contribution in [-0.4, -0.2) is 15.2 Å². The first-order valence-electron chi connectivity index (χ1n) is 7.94. The van der Waals surface area contributed by atoms with Gasteiger partial charge in [-0.2, -0.15) is 0 Å². The summed E-state index contributed by atoms with van der Waals surface area (Å²) in [5.74, 6) is 3.07. The molecule has 0 fully saturated rings. The van der Waals surface area contributed by atoms with Crippen molar-refractivity contribution in [1.82, 2.24) is 15.2 Å². The molecule has 130 valence electrons. The van der Waals surface area contributed by atoms with E-state index in [1.807, 2.05) is 54.6 Å². The third kappa shape index (κ3) is 3.89. The zero-order chi connectivity index (χ0) is 17.8. The number of hydrogen-bond acceptors (Lipinski definition) is 6. The minimum absolute atomic E-state index is 0.515. The molecule has 0 unspecified atom stereocenters. The molecule has 0 saturated heterocycles. The minimum Gasteiger partial charge on any atom is -0.444 e. The van der Waals surface area contributed by atoms with Gasteiger partial charge in [0.1, 0.15) is 6.26 Å². The lowest BCUT2D eigenvalue weighted by Gasteiger charge is -1.97. The highest BCUT2D eigenvalue weighted by atomic mass is 79.9. The maximum absolute atomic E-state index is 5.75. The molecule has 2 heterocycles. The second kappa shape index (κ2) is 7.88. The molecule has 26 heavy (non-hydrogen) atoms. The number of halogens is 1. The van der Waals surface area contributed by atoms with Crippen molar-refractivity contribution in [3.8, 4) is 22.9 Å². The van der Waals surface area contributed by atoms with Gasteiger partial charge in [-0.1, -0.05) is 30.3 Å². The van der Waals surface area contributed by atoms with Crippen molar-refractivity contribution in [3.05, 3.63) is 76.9 Å². The molecule has 0 amide bonds. The second-order valence-corrected chi connectivity index (χ2v) is 7.32. The van der Waals surface area contributed by atoms with E-state index in [2.05, 4.69) is 31.1 Å². The van der Waals surface area contributed by atoms with Crippen LogP contribution in [0.4, 0.5) is 0 Å². The Kier molecular flexibility index (Phi) is 5.17. The summed E-state index contributed by atoms with van der Waals surface area (Å²) in [7, 11) is 0. The van der Waals surface area contributed by atoms with E-state index in [0.29, 0.717) is 29.2 Å². The molecule has 0 aliphatic carbocycles. The van der Waals surface area contributed by atoms with Crippen LogP contribution in [0.25, 0.3) is 22.9 Å². The Morgan fingerprint density at radius 2 is 1.69 bits per heavy atom. The summed E-state index contributed by atoms with van der Waals surface area (Å²) in [5.41, 5.74) is 2.75. The first-order valence-corrected chi connectivity index (χ1v) is 9.89. The first kappa shape index (κ1) is 17.1. The van der Waals surface area contributed by atoms with Gasteiger partial charge < -0.3 is 8.83 Å². The van der Waals surface area contributed by atoms with E-state index >= 15 is 0 Å². The number of oxazole rings is 1. The molecule has 0 spiro atoms.